The van der Waals surface area contributed by atoms with Gasteiger partial charge in [0, 0.05) is 28.8 Å². The second kappa shape index (κ2) is 8.20. The molecule has 0 aliphatic heterocycles. The van der Waals surface area contributed by atoms with Gasteiger partial charge in [0.2, 0.25) is 0 Å². The number of fused-ring (bicyclic) bond motifs is 1. The van der Waals surface area contributed by atoms with Crippen LogP contribution in [0.25, 0.3) is 11.3 Å². The van der Waals surface area contributed by atoms with Crippen LogP contribution in [0, 0.1) is 10.1 Å². The van der Waals surface area contributed by atoms with E-state index in [0.717, 1.165) is 42.5 Å². The number of hydrogen-bond acceptors (Lipinski definition) is 7. The Hall–Kier alpha value is -3.11. The van der Waals surface area contributed by atoms with Gasteiger partial charge in [0.05, 0.1) is 10.6 Å². The molecule has 0 unspecified atom stereocenters. The smallest absolute Gasteiger partial charge is 0.288 e. The Balaban J connectivity index is 1.56. The summed E-state index contributed by atoms with van der Waals surface area (Å²) in [5.41, 5.74) is 3.77. The van der Waals surface area contributed by atoms with Gasteiger partial charge in [0.15, 0.2) is 15.0 Å². The Kier molecular flexibility index (Phi) is 5.59. The second-order valence-electron chi connectivity index (χ2n) is 7.39. The number of nitrogens with zero attached hydrogens (tertiary/aromatic N) is 2. The molecule has 1 aromatic heterocycles. The summed E-state index contributed by atoms with van der Waals surface area (Å²) in [6.45, 7) is 0. The molecule has 0 spiro atoms. The van der Waals surface area contributed by atoms with Crippen molar-refractivity contribution in [1.29, 1.82) is 0 Å². The van der Waals surface area contributed by atoms with Gasteiger partial charge in [0.1, 0.15) is 4.90 Å². The third kappa shape index (κ3) is 4.49. The average molecular weight is 458 g/mol. The van der Waals surface area contributed by atoms with Gasteiger partial charge in [-0.15, -0.1) is 11.3 Å². The third-order valence-electron chi connectivity index (χ3n) is 5.19. The molecule has 0 saturated heterocycles. The van der Waals surface area contributed by atoms with Crippen LogP contribution in [0.15, 0.2) is 46.7 Å². The van der Waals surface area contributed by atoms with Crippen molar-refractivity contribution in [1.82, 2.24) is 4.98 Å². The molecule has 0 fully saturated rings. The van der Waals surface area contributed by atoms with Crippen molar-refractivity contribution in [3.63, 3.8) is 0 Å². The van der Waals surface area contributed by atoms with Gasteiger partial charge in [0.25, 0.3) is 11.6 Å². The molecule has 1 aliphatic carbocycles. The molecule has 31 heavy (non-hydrogen) atoms. The normalized spacial score (nSPS) is 13.5. The van der Waals surface area contributed by atoms with E-state index in [0.29, 0.717) is 5.13 Å². The van der Waals surface area contributed by atoms with Crippen molar-refractivity contribution >= 4 is 37.9 Å². The third-order valence-corrected chi connectivity index (χ3v) is 7.09. The number of aromatic nitrogens is 1. The number of thiazole rings is 1. The Morgan fingerprint density at radius 2 is 1.87 bits per heavy atom. The summed E-state index contributed by atoms with van der Waals surface area (Å²) in [6, 6.07) is 9.58. The maximum atomic E-state index is 12.6. The minimum Gasteiger partial charge on any atom is -0.298 e. The molecular formula is C21H19N3O5S2. The van der Waals surface area contributed by atoms with Gasteiger partial charge in [-0.25, -0.2) is 13.4 Å². The molecule has 1 N–H and O–H groups in total. The first-order valence-corrected chi connectivity index (χ1v) is 12.4. The zero-order valence-corrected chi connectivity index (χ0v) is 18.3. The summed E-state index contributed by atoms with van der Waals surface area (Å²) in [4.78, 5) is 27.1. The van der Waals surface area contributed by atoms with Crippen LogP contribution in [0.4, 0.5) is 10.8 Å². The lowest BCUT2D eigenvalue weighted by atomic mass is 9.90. The van der Waals surface area contributed by atoms with Crippen molar-refractivity contribution in [3.8, 4) is 11.3 Å². The number of rotatable bonds is 5. The zero-order valence-electron chi connectivity index (χ0n) is 16.6. The van der Waals surface area contributed by atoms with E-state index in [2.05, 4.69) is 22.4 Å². The molecule has 0 radical (unpaired) electrons. The molecule has 160 valence electrons. The Morgan fingerprint density at radius 1 is 1.13 bits per heavy atom. The van der Waals surface area contributed by atoms with E-state index < -0.39 is 31.3 Å². The Morgan fingerprint density at radius 3 is 2.58 bits per heavy atom. The summed E-state index contributed by atoms with van der Waals surface area (Å²) >= 11 is 1.25. The van der Waals surface area contributed by atoms with Crippen molar-refractivity contribution < 1.29 is 18.1 Å². The molecule has 1 amide bonds. The van der Waals surface area contributed by atoms with Crippen LogP contribution in [-0.4, -0.2) is 30.5 Å². The van der Waals surface area contributed by atoms with Gasteiger partial charge in [-0.05, 0) is 55.0 Å². The summed E-state index contributed by atoms with van der Waals surface area (Å²) in [5.74, 6) is -0.602. The van der Waals surface area contributed by atoms with Crippen LogP contribution < -0.4 is 5.32 Å². The first-order valence-electron chi connectivity index (χ1n) is 9.60. The number of carbonyl (C=O) groups is 1. The monoisotopic (exact) mass is 457 g/mol. The van der Waals surface area contributed by atoms with Crippen molar-refractivity contribution in [2.24, 2.45) is 0 Å². The number of hydrogen-bond donors (Lipinski definition) is 1. The van der Waals surface area contributed by atoms with Crippen molar-refractivity contribution in [3.05, 3.63) is 68.6 Å². The molecule has 0 saturated carbocycles. The fraction of sp³-hybridized carbons (Fsp3) is 0.238. The molecule has 3 aromatic rings. The van der Waals surface area contributed by atoms with Crippen LogP contribution in [0.1, 0.15) is 34.3 Å². The number of anilines is 1. The van der Waals surface area contributed by atoms with Gasteiger partial charge >= 0.3 is 0 Å². The number of carbonyl (C=O) groups excluding carboxylic acids is 1. The van der Waals surface area contributed by atoms with Gasteiger partial charge in [-0.3, -0.25) is 20.2 Å². The predicted octanol–water partition coefficient (Wildman–Crippen LogP) is 4.25. The van der Waals surface area contributed by atoms with E-state index in [9.17, 15) is 23.3 Å². The fourth-order valence-corrected chi connectivity index (χ4v) is 5.18. The van der Waals surface area contributed by atoms with Crippen LogP contribution >= 0.6 is 11.3 Å². The van der Waals surface area contributed by atoms with Gasteiger partial charge < -0.3 is 0 Å². The average Bonchev–Trinajstić information content (AvgIpc) is 3.20. The minimum absolute atomic E-state index is 0.0235. The maximum Gasteiger partial charge on any atom is 0.288 e. The molecular weight excluding hydrogens is 438 g/mol. The number of sulfone groups is 1. The largest absolute Gasteiger partial charge is 0.298 e. The standard InChI is InChI=1S/C21H19N3O5S2/c1-31(28,29)19-9-8-16(11-18(19)24(26)27)20(25)23-21-22-17(12-30-21)15-7-6-13-4-2-3-5-14(13)10-15/h6-12H,2-5H2,1H3,(H,22,23,25). The van der Waals surface area contributed by atoms with Crippen LogP contribution in [0.3, 0.4) is 0 Å². The quantitative estimate of drug-likeness (QED) is 0.452. The van der Waals surface area contributed by atoms with E-state index >= 15 is 0 Å². The molecule has 0 bridgehead atoms. The van der Waals surface area contributed by atoms with E-state index in [4.69, 9.17) is 0 Å². The fourth-order valence-electron chi connectivity index (χ4n) is 3.64. The topological polar surface area (TPSA) is 119 Å². The molecule has 2 aromatic carbocycles. The first kappa shape index (κ1) is 21.1. The Labute approximate surface area is 183 Å². The summed E-state index contributed by atoms with van der Waals surface area (Å²) in [5, 5.41) is 16.1. The summed E-state index contributed by atoms with van der Waals surface area (Å²) < 4.78 is 23.5. The maximum absolute atomic E-state index is 12.6. The lowest BCUT2D eigenvalue weighted by Crippen LogP contribution is -2.13. The van der Waals surface area contributed by atoms with E-state index in [1.165, 1.54) is 41.4 Å². The minimum atomic E-state index is -3.80. The first-order chi connectivity index (χ1) is 14.7. The number of aryl methyl sites for hydroxylation is 2. The van der Waals surface area contributed by atoms with Crippen LogP contribution in [0.2, 0.25) is 0 Å². The van der Waals surface area contributed by atoms with Crippen LogP contribution in [0.5, 0.6) is 0 Å². The summed E-state index contributed by atoms with van der Waals surface area (Å²) in [6.07, 6.45) is 5.42. The zero-order chi connectivity index (χ0) is 22.2. The SMILES string of the molecule is CS(=O)(=O)c1ccc(C(=O)Nc2nc(-c3ccc4c(c3)CCCC4)cs2)cc1[N+](=O)[O-]. The molecule has 1 heterocycles. The van der Waals surface area contributed by atoms with Gasteiger partial charge in [-0.2, -0.15) is 0 Å². The molecule has 10 heteroatoms. The summed E-state index contributed by atoms with van der Waals surface area (Å²) in [7, 11) is -3.80. The van der Waals surface area contributed by atoms with E-state index in [1.54, 1.807) is 0 Å². The molecule has 0 atom stereocenters. The second-order valence-corrected chi connectivity index (χ2v) is 10.2. The number of amides is 1. The number of benzene rings is 2. The highest BCUT2D eigenvalue weighted by Gasteiger charge is 2.24. The number of nitrogens with one attached hydrogen (secondary N) is 1. The predicted molar refractivity (Wildman–Crippen MR) is 118 cm³/mol. The molecule has 1 aliphatic rings. The lowest BCUT2D eigenvalue weighted by molar-refractivity contribution is -0.387. The Bertz CT molecular complexity index is 1300. The molecule has 8 nitrogen and oxygen atoms in total. The molecule has 4 rings (SSSR count). The highest BCUT2D eigenvalue weighted by molar-refractivity contribution is 7.90. The lowest BCUT2D eigenvalue weighted by Gasteiger charge is -2.16. The van der Waals surface area contributed by atoms with Crippen LogP contribution in [-0.2, 0) is 22.7 Å². The number of nitro benzene ring substituents is 1. The highest BCUT2D eigenvalue weighted by Crippen LogP contribution is 2.30. The van der Waals surface area contributed by atoms with E-state index in [1.807, 2.05) is 11.4 Å². The number of nitro groups is 1. The van der Waals surface area contributed by atoms with Gasteiger partial charge in [-0.1, -0.05) is 12.1 Å². The van der Waals surface area contributed by atoms with Crippen molar-refractivity contribution in [2.75, 3.05) is 11.6 Å². The van der Waals surface area contributed by atoms with E-state index in [-0.39, 0.29) is 5.56 Å². The highest BCUT2D eigenvalue weighted by atomic mass is 32.2. The van der Waals surface area contributed by atoms with Crippen molar-refractivity contribution in [2.45, 2.75) is 30.6 Å².